The standard InChI is InChI=1S/C32H48N2O3/c1-3-5-7-8-9-10-11-15-23-36-28-24-33-31(34-25-28)29-17-13-14-18-30(29)37-32(35)27-21-19-26(20-22-27)16-12-6-4-2/h13-14,17-18,24-27H,3-12,15-16,19-23H2,1-2H3. The fourth-order valence-corrected chi connectivity index (χ4v) is 5.26. The van der Waals surface area contributed by atoms with Crippen molar-refractivity contribution in [3.05, 3.63) is 36.7 Å². The highest BCUT2D eigenvalue weighted by atomic mass is 16.5. The minimum absolute atomic E-state index is 0.0106. The molecule has 1 fully saturated rings. The average Bonchev–Trinajstić information content (AvgIpc) is 2.93. The lowest BCUT2D eigenvalue weighted by molar-refractivity contribution is -0.140. The van der Waals surface area contributed by atoms with Crippen LogP contribution in [0.3, 0.4) is 0 Å². The molecule has 0 atom stereocenters. The first-order valence-electron chi connectivity index (χ1n) is 15.0. The van der Waals surface area contributed by atoms with Crippen molar-refractivity contribution in [2.45, 2.75) is 117 Å². The maximum Gasteiger partial charge on any atom is 0.314 e. The predicted molar refractivity (Wildman–Crippen MR) is 151 cm³/mol. The summed E-state index contributed by atoms with van der Waals surface area (Å²) in [6.07, 6.45) is 22.9. The van der Waals surface area contributed by atoms with Crippen LogP contribution in [0.2, 0.25) is 0 Å². The van der Waals surface area contributed by atoms with E-state index in [1.165, 1.54) is 70.6 Å². The van der Waals surface area contributed by atoms with Crippen LogP contribution in [0.4, 0.5) is 0 Å². The van der Waals surface area contributed by atoms with Crippen LogP contribution in [-0.2, 0) is 4.79 Å². The molecule has 0 spiro atoms. The van der Waals surface area contributed by atoms with Crippen molar-refractivity contribution in [3.8, 4) is 22.9 Å². The monoisotopic (exact) mass is 508 g/mol. The molecule has 0 N–H and O–H groups in total. The molecular weight excluding hydrogens is 460 g/mol. The highest BCUT2D eigenvalue weighted by Gasteiger charge is 2.28. The van der Waals surface area contributed by atoms with Crippen LogP contribution in [0.25, 0.3) is 11.4 Å². The molecule has 1 aromatic heterocycles. The summed E-state index contributed by atoms with van der Waals surface area (Å²) in [5.74, 6) is 2.39. The van der Waals surface area contributed by atoms with E-state index in [1.54, 1.807) is 12.4 Å². The molecule has 0 radical (unpaired) electrons. The van der Waals surface area contributed by atoms with Crippen molar-refractivity contribution < 1.29 is 14.3 Å². The Morgan fingerprint density at radius 2 is 1.43 bits per heavy atom. The third kappa shape index (κ3) is 10.5. The molecule has 1 saturated carbocycles. The molecular formula is C32H48N2O3. The van der Waals surface area contributed by atoms with Crippen LogP contribution in [0, 0.1) is 11.8 Å². The number of hydrogen-bond acceptors (Lipinski definition) is 5. The lowest BCUT2D eigenvalue weighted by Gasteiger charge is -2.27. The highest BCUT2D eigenvalue weighted by Crippen LogP contribution is 2.34. The number of ether oxygens (including phenoxy) is 2. The van der Waals surface area contributed by atoms with Gasteiger partial charge < -0.3 is 9.47 Å². The van der Waals surface area contributed by atoms with Crippen molar-refractivity contribution in [1.82, 2.24) is 9.97 Å². The first-order chi connectivity index (χ1) is 18.2. The molecule has 0 saturated heterocycles. The minimum Gasteiger partial charge on any atom is -0.490 e. The topological polar surface area (TPSA) is 61.3 Å². The second-order valence-corrected chi connectivity index (χ2v) is 10.7. The zero-order chi connectivity index (χ0) is 26.1. The summed E-state index contributed by atoms with van der Waals surface area (Å²) in [5, 5.41) is 0. The Kier molecular flexibility index (Phi) is 13.5. The molecule has 1 aliphatic rings. The maximum atomic E-state index is 12.9. The number of carbonyl (C=O) groups is 1. The van der Waals surface area contributed by atoms with E-state index in [9.17, 15) is 4.79 Å². The number of unbranched alkanes of at least 4 members (excludes halogenated alkanes) is 9. The summed E-state index contributed by atoms with van der Waals surface area (Å²) in [6, 6.07) is 7.55. The lowest BCUT2D eigenvalue weighted by Crippen LogP contribution is -2.26. The van der Waals surface area contributed by atoms with Crippen LogP contribution < -0.4 is 9.47 Å². The van der Waals surface area contributed by atoms with E-state index in [2.05, 4.69) is 23.8 Å². The zero-order valence-electron chi connectivity index (χ0n) is 23.3. The molecule has 5 nitrogen and oxygen atoms in total. The van der Waals surface area contributed by atoms with Gasteiger partial charge in [-0.2, -0.15) is 0 Å². The molecule has 1 aromatic carbocycles. The predicted octanol–water partition coefficient (Wildman–Crippen LogP) is 8.96. The van der Waals surface area contributed by atoms with Gasteiger partial charge in [0.25, 0.3) is 0 Å². The molecule has 37 heavy (non-hydrogen) atoms. The molecule has 2 aromatic rings. The molecule has 0 bridgehead atoms. The largest absolute Gasteiger partial charge is 0.490 e. The molecule has 0 aliphatic heterocycles. The average molecular weight is 509 g/mol. The maximum absolute atomic E-state index is 12.9. The molecule has 1 heterocycles. The van der Waals surface area contributed by atoms with Gasteiger partial charge in [0.15, 0.2) is 11.6 Å². The zero-order valence-corrected chi connectivity index (χ0v) is 23.3. The van der Waals surface area contributed by atoms with Crippen molar-refractivity contribution in [1.29, 1.82) is 0 Å². The number of aromatic nitrogens is 2. The Bertz CT molecular complexity index is 891. The van der Waals surface area contributed by atoms with E-state index in [0.717, 1.165) is 43.6 Å². The first kappa shape index (κ1) is 29.1. The third-order valence-corrected chi connectivity index (χ3v) is 7.63. The van der Waals surface area contributed by atoms with Crippen molar-refractivity contribution in [2.24, 2.45) is 11.8 Å². The Morgan fingerprint density at radius 3 is 2.14 bits per heavy atom. The minimum atomic E-state index is -0.121. The number of benzene rings is 1. The number of esters is 1. The van der Waals surface area contributed by atoms with Gasteiger partial charge in [-0.3, -0.25) is 4.79 Å². The van der Waals surface area contributed by atoms with Crippen LogP contribution in [-0.4, -0.2) is 22.5 Å². The fourth-order valence-electron chi connectivity index (χ4n) is 5.26. The van der Waals surface area contributed by atoms with E-state index in [4.69, 9.17) is 9.47 Å². The van der Waals surface area contributed by atoms with Crippen LogP contribution >= 0.6 is 0 Å². The summed E-state index contributed by atoms with van der Waals surface area (Å²) >= 11 is 0. The molecule has 204 valence electrons. The van der Waals surface area contributed by atoms with Gasteiger partial charge in [0.2, 0.25) is 0 Å². The summed E-state index contributed by atoms with van der Waals surface area (Å²) in [6.45, 7) is 5.19. The van der Waals surface area contributed by atoms with Gasteiger partial charge in [0.1, 0.15) is 5.75 Å². The van der Waals surface area contributed by atoms with E-state index in [-0.39, 0.29) is 11.9 Å². The smallest absolute Gasteiger partial charge is 0.314 e. The molecule has 1 aliphatic carbocycles. The SMILES string of the molecule is CCCCCCCCCCOc1cnc(-c2ccccc2OC(=O)C2CCC(CCCCC)CC2)nc1. The van der Waals surface area contributed by atoms with Gasteiger partial charge in [0.05, 0.1) is 30.5 Å². The second-order valence-electron chi connectivity index (χ2n) is 10.7. The Labute approximate surface area is 224 Å². The molecule has 5 heteroatoms. The molecule has 0 amide bonds. The van der Waals surface area contributed by atoms with Gasteiger partial charge in [-0.15, -0.1) is 0 Å². The van der Waals surface area contributed by atoms with Crippen LogP contribution in [0.1, 0.15) is 117 Å². The number of nitrogens with zero attached hydrogens (tertiary/aromatic N) is 2. The summed E-state index contributed by atoms with van der Waals surface area (Å²) < 4.78 is 11.7. The summed E-state index contributed by atoms with van der Waals surface area (Å²) in [5.41, 5.74) is 0.735. The van der Waals surface area contributed by atoms with Gasteiger partial charge in [0, 0.05) is 0 Å². The Balaban J connectivity index is 1.43. The van der Waals surface area contributed by atoms with Gasteiger partial charge >= 0.3 is 5.97 Å². The highest BCUT2D eigenvalue weighted by molar-refractivity contribution is 5.78. The quantitative estimate of drug-likeness (QED) is 0.121. The van der Waals surface area contributed by atoms with Gasteiger partial charge in [-0.25, -0.2) is 9.97 Å². The fraction of sp³-hybridized carbons (Fsp3) is 0.656. The van der Waals surface area contributed by atoms with Crippen LogP contribution in [0.5, 0.6) is 11.5 Å². The number of rotatable bonds is 17. The molecule has 0 unspecified atom stereocenters. The van der Waals surface area contributed by atoms with Crippen molar-refractivity contribution in [2.75, 3.05) is 6.61 Å². The number of para-hydroxylation sites is 1. The Hall–Kier alpha value is -2.43. The molecule has 3 rings (SSSR count). The van der Waals surface area contributed by atoms with E-state index in [1.807, 2.05) is 24.3 Å². The number of carbonyl (C=O) groups excluding carboxylic acids is 1. The van der Waals surface area contributed by atoms with Gasteiger partial charge in [-0.05, 0) is 50.2 Å². The van der Waals surface area contributed by atoms with E-state index < -0.39 is 0 Å². The van der Waals surface area contributed by atoms with Crippen molar-refractivity contribution >= 4 is 5.97 Å². The first-order valence-corrected chi connectivity index (χ1v) is 15.0. The third-order valence-electron chi connectivity index (χ3n) is 7.63. The normalized spacial score (nSPS) is 17.5. The Morgan fingerprint density at radius 1 is 0.811 bits per heavy atom. The van der Waals surface area contributed by atoms with E-state index in [0.29, 0.717) is 23.9 Å². The van der Waals surface area contributed by atoms with Crippen LogP contribution in [0.15, 0.2) is 36.7 Å². The summed E-state index contributed by atoms with van der Waals surface area (Å²) in [7, 11) is 0. The van der Waals surface area contributed by atoms with Gasteiger partial charge in [-0.1, -0.05) is 96.6 Å². The lowest BCUT2D eigenvalue weighted by atomic mass is 9.80. The van der Waals surface area contributed by atoms with Crippen molar-refractivity contribution in [3.63, 3.8) is 0 Å². The van der Waals surface area contributed by atoms with E-state index >= 15 is 0 Å². The number of hydrogen-bond donors (Lipinski definition) is 0. The second kappa shape index (κ2) is 17.1. The summed E-state index contributed by atoms with van der Waals surface area (Å²) in [4.78, 5) is 22.0.